The van der Waals surface area contributed by atoms with Gasteiger partial charge in [-0.3, -0.25) is 4.98 Å². The maximum absolute atomic E-state index is 14.8. The Kier molecular flexibility index (Phi) is 5.45. The van der Waals surface area contributed by atoms with Gasteiger partial charge in [0.15, 0.2) is 0 Å². The Balaban J connectivity index is 2.08. The van der Waals surface area contributed by atoms with E-state index >= 15 is 0 Å². The van der Waals surface area contributed by atoms with Gasteiger partial charge in [0.2, 0.25) is 0 Å². The van der Waals surface area contributed by atoms with Crippen LogP contribution in [0.1, 0.15) is 12.5 Å². The quantitative estimate of drug-likeness (QED) is 0.561. The minimum atomic E-state index is -3.87. The second-order valence-corrected chi connectivity index (χ2v) is 5.64. The van der Waals surface area contributed by atoms with Crippen LogP contribution < -0.4 is 4.74 Å². The summed E-state index contributed by atoms with van der Waals surface area (Å²) in [5.41, 5.74) is 0.368. The third-order valence-corrected chi connectivity index (χ3v) is 3.78. The smallest absolute Gasteiger partial charge is 0.382 e. The number of benzene rings is 2. The summed E-state index contributed by atoms with van der Waals surface area (Å²) in [6.07, 6.45) is 1.56. The molecule has 0 aliphatic rings. The lowest BCUT2D eigenvalue weighted by Gasteiger charge is -2.19. The van der Waals surface area contributed by atoms with Crippen molar-refractivity contribution in [1.29, 1.82) is 0 Å². The number of halogens is 2. The summed E-state index contributed by atoms with van der Waals surface area (Å²) in [4.78, 5) is 16.0. The summed E-state index contributed by atoms with van der Waals surface area (Å²) in [7, 11) is 0. The van der Waals surface area contributed by atoms with Gasteiger partial charge < -0.3 is 9.47 Å². The molecule has 138 valence electrons. The number of carbonyl (C=O) groups is 1. The molecule has 0 saturated carbocycles. The van der Waals surface area contributed by atoms with Gasteiger partial charge in [-0.1, -0.05) is 24.3 Å². The van der Waals surface area contributed by atoms with E-state index in [0.717, 1.165) is 0 Å². The first-order valence-electron chi connectivity index (χ1n) is 8.36. The molecule has 0 unspecified atom stereocenters. The van der Waals surface area contributed by atoms with E-state index in [0.29, 0.717) is 17.0 Å². The van der Waals surface area contributed by atoms with Crippen molar-refractivity contribution in [1.82, 2.24) is 4.98 Å². The predicted octanol–water partition coefficient (Wildman–Crippen LogP) is 5.20. The first-order chi connectivity index (χ1) is 13.0. The van der Waals surface area contributed by atoms with Gasteiger partial charge in [0.25, 0.3) is 0 Å². The molecule has 1 aromatic heterocycles. The van der Waals surface area contributed by atoms with Crippen LogP contribution in [-0.2, 0) is 15.5 Å². The molecule has 0 atom stereocenters. The molecule has 6 heteroatoms. The van der Waals surface area contributed by atoms with Crippen molar-refractivity contribution >= 4 is 5.97 Å². The van der Waals surface area contributed by atoms with Gasteiger partial charge in [-0.05, 0) is 49.4 Å². The monoisotopic (exact) mass is 369 g/mol. The number of pyridine rings is 1. The Morgan fingerprint density at radius 2 is 1.78 bits per heavy atom. The molecule has 0 aliphatic heterocycles. The molecule has 4 nitrogen and oxygen atoms in total. The Labute approximate surface area is 155 Å². The molecule has 3 aromatic rings. The largest absolute Gasteiger partial charge is 0.461 e. The third-order valence-electron chi connectivity index (χ3n) is 3.78. The van der Waals surface area contributed by atoms with E-state index in [2.05, 4.69) is 9.72 Å². The zero-order valence-electron chi connectivity index (χ0n) is 14.6. The van der Waals surface area contributed by atoms with E-state index in [9.17, 15) is 13.6 Å². The lowest BCUT2D eigenvalue weighted by molar-refractivity contribution is -0.173. The van der Waals surface area contributed by atoms with Crippen molar-refractivity contribution in [2.75, 3.05) is 6.61 Å². The average molecular weight is 369 g/mol. The Morgan fingerprint density at radius 1 is 1.04 bits per heavy atom. The van der Waals surface area contributed by atoms with Crippen LogP contribution in [0.3, 0.4) is 0 Å². The molecule has 0 aliphatic carbocycles. The van der Waals surface area contributed by atoms with Crippen LogP contribution in [0.5, 0.6) is 11.5 Å². The number of aromatic nitrogens is 1. The molecule has 0 spiro atoms. The maximum atomic E-state index is 14.8. The lowest BCUT2D eigenvalue weighted by Crippen LogP contribution is -2.28. The van der Waals surface area contributed by atoms with E-state index < -0.39 is 17.5 Å². The molecule has 0 radical (unpaired) electrons. The summed E-state index contributed by atoms with van der Waals surface area (Å²) in [5, 5.41) is 0. The fraction of sp³-hybridized carbons (Fsp3) is 0.143. The highest BCUT2D eigenvalue weighted by Crippen LogP contribution is 2.40. The summed E-state index contributed by atoms with van der Waals surface area (Å²) < 4.78 is 39.8. The number of esters is 1. The number of nitrogens with zero attached hydrogens (tertiary/aromatic N) is 1. The average Bonchev–Trinajstić information content (AvgIpc) is 2.70. The molecule has 0 saturated heterocycles. The second-order valence-electron chi connectivity index (χ2n) is 5.64. The molecule has 2 aromatic carbocycles. The van der Waals surface area contributed by atoms with Gasteiger partial charge in [0, 0.05) is 11.8 Å². The summed E-state index contributed by atoms with van der Waals surface area (Å²) >= 11 is 0. The van der Waals surface area contributed by atoms with Crippen LogP contribution in [0.2, 0.25) is 0 Å². The standard InChI is InChI=1S/C21H17F2NO3/c1-2-26-20(25)21(22,23)17-14-15(18-10-6-7-13-24-18)11-12-19(17)27-16-8-4-3-5-9-16/h3-14H,2H2,1H3. The molecule has 0 amide bonds. The molecule has 1 heterocycles. The van der Waals surface area contributed by atoms with E-state index in [1.807, 2.05) is 0 Å². The highest BCUT2D eigenvalue weighted by Gasteiger charge is 2.45. The zero-order chi connectivity index (χ0) is 19.3. The normalized spacial score (nSPS) is 11.1. The van der Waals surface area contributed by atoms with Crippen molar-refractivity contribution in [3.05, 3.63) is 78.5 Å². The van der Waals surface area contributed by atoms with Crippen molar-refractivity contribution < 1.29 is 23.0 Å². The summed E-state index contributed by atoms with van der Waals surface area (Å²) in [6.45, 7) is 1.32. The first kappa shape index (κ1) is 18.5. The van der Waals surface area contributed by atoms with Crippen LogP contribution in [0.4, 0.5) is 8.78 Å². The van der Waals surface area contributed by atoms with E-state index in [1.165, 1.54) is 19.1 Å². The molecule has 3 rings (SSSR count). The van der Waals surface area contributed by atoms with Crippen LogP contribution in [0.15, 0.2) is 72.9 Å². The fourth-order valence-electron chi connectivity index (χ4n) is 2.50. The van der Waals surface area contributed by atoms with Crippen LogP contribution in [-0.4, -0.2) is 17.6 Å². The Morgan fingerprint density at radius 3 is 2.44 bits per heavy atom. The molecule has 27 heavy (non-hydrogen) atoms. The molecule has 0 bridgehead atoms. The minimum Gasteiger partial charge on any atom is -0.461 e. The Bertz CT molecular complexity index is 915. The van der Waals surface area contributed by atoms with E-state index in [4.69, 9.17) is 4.74 Å². The highest BCUT2D eigenvalue weighted by molar-refractivity contribution is 5.81. The number of carbonyl (C=O) groups excluding carboxylic acids is 1. The molecule has 0 fully saturated rings. The number of alkyl halides is 2. The van der Waals surface area contributed by atoms with Gasteiger partial charge in [0.1, 0.15) is 11.5 Å². The number of hydrogen-bond donors (Lipinski definition) is 0. The molecular formula is C21H17F2NO3. The predicted molar refractivity (Wildman–Crippen MR) is 96.7 cm³/mol. The van der Waals surface area contributed by atoms with Crippen molar-refractivity contribution in [3.8, 4) is 22.8 Å². The second kappa shape index (κ2) is 7.95. The number of ether oxygens (including phenoxy) is 2. The third kappa shape index (κ3) is 4.11. The van der Waals surface area contributed by atoms with Gasteiger partial charge in [-0.15, -0.1) is 0 Å². The summed E-state index contributed by atoms with van der Waals surface area (Å²) in [6, 6.07) is 17.9. The summed E-state index contributed by atoms with van der Waals surface area (Å²) in [5.74, 6) is -5.24. The van der Waals surface area contributed by atoms with E-state index in [-0.39, 0.29) is 12.4 Å². The minimum absolute atomic E-state index is 0.126. The molecular weight excluding hydrogens is 352 g/mol. The van der Waals surface area contributed by atoms with Gasteiger partial charge in [0.05, 0.1) is 17.9 Å². The van der Waals surface area contributed by atoms with Gasteiger partial charge >= 0.3 is 11.9 Å². The van der Waals surface area contributed by atoms with Crippen molar-refractivity contribution in [2.24, 2.45) is 0 Å². The molecule has 0 N–H and O–H groups in total. The van der Waals surface area contributed by atoms with Gasteiger partial charge in [-0.25, -0.2) is 4.79 Å². The SMILES string of the molecule is CCOC(=O)C(F)(F)c1cc(-c2ccccn2)ccc1Oc1ccccc1. The van der Waals surface area contributed by atoms with Crippen molar-refractivity contribution in [2.45, 2.75) is 12.8 Å². The number of hydrogen-bond acceptors (Lipinski definition) is 4. The van der Waals surface area contributed by atoms with Crippen LogP contribution in [0, 0.1) is 0 Å². The zero-order valence-corrected chi connectivity index (χ0v) is 14.6. The topological polar surface area (TPSA) is 48.4 Å². The fourth-order valence-corrected chi connectivity index (χ4v) is 2.50. The number of para-hydroxylation sites is 1. The maximum Gasteiger partial charge on any atom is 0.382 e. The van der Waals surface area contributed by atoms with Crippen LogP contribution in [0.25, 0.3) is 11.3 Å². The number of rotatable bonds is 6. The van der Waals surface area contributed by atoms with Crippen LogP contribution >= 0.6 is 0 Å². The highest BCUT2D eigenvalue weighted by atomic mass is 19.3. The van der Waals surface area contributed by atoms with Crippen molar-refractivity contribution in [3.63, 3.8) is 0 Å². The Hall–Kier alpha value is -3.28. The van der Waals surface area contributed by atoms with E-state index in [1.54, 1.807) is 60.8 Å². The van der Waals surface area contributed by atoms with Gasteiger partial charge in [-0.2, -0.15) is 8.78 Å². The lowest BCUT2D eigenvalue weighted by atomic mass is 10.0. The first-order valence-corrected chi connectivity index (χ1v) is 8.36.